The van der Waals surface area contributed by atoms with Gasteiger partial charge in [-0.15, -0.1) is 0 Å². The average Bonchev–Trinajstić information content (AvgIpc) is 2.72. The molecule has 0 saturated carbocycles. The topological polar surface area (TPSA) is 107 Å². The van der Waals surface area contributed by atoms with Crippen LogP contribution in [0.25, 0.3) is 0 Å². The Balaban J connectivity index is 1.75. The summed E-state index contributed by atoms with van der Waals surface area (Å²) in [4.78, 5) is 30.4. The monoisotopic (exact) mass is 432 g/mol. The fourth-order valence-electron chi connectivity index (χ4n) is 4.14. The third kappa shape index (κ3) is 3.68. The van der Waals surface area contributed by atoms with E-state index in [1.165, 1.54) is 0 Å². The Morgan fingerprint density at radius 2 is 2.03 bits per heavy atom. The van der Waals surface area contributed by atoms with E-state index in [9.17, 15) is 4.79 Å². The molecule has 2 aromatic heterocycles. The molecule has 10 heteroatoms. The summed E-state index contributed by atoms with van der Waals surface area (Å²) < 4.78 is 11.0. The van der Waals surface area contributed by atoms with E-state index < -0.39 is 0 Å². The Kier molecular flexibility index (Phi) is 5.77. The Morgan fingerprint density at radius 3 is 2.73 bits per heavy atom. The predicted molar refractivity (Wildman–Crippen MR) is 113 cm³/mol. The number of ketones is 1. The number of morpholine rings is 1. The standard InChI is InChI=1S/C20H25ClN6O3/c1-11-8-23-13(12(2)17(11)29-3)9-27-10-14(26-4-6-30-7-5-26)16(28)15-18(21)24-20(22)25-19(15)27/h8,14H,4-7,9-10H2,1-3H3,(H2,22,24,25). The van der Waals surface area contributed by atoms with E-state index in [1.807, 2.05) is 18.7 Å². The molecule has 2 aromatic rings. The fourth-order valence-corrected chi connectivity index (χ4v) is 4.41. The summed E-state index contributed by atoms with van der Waals surface area (Å²) in [5, 5.41) is 0.0802. The van der Waals surface area contributed by atoms with Gasteiger partial charge in [0.15, 0.2) is 5.78 Å². The number of anilines is 2. The van der Waals surface area contributed by atoms with Crippen LogP contribution < -0.4 is 15.4 Å². The fraction of sp³-hybridized carbons (Fsp3) is 0.500. The lowest BCUT2D eigenvalue weighted by Gasteiger charge is -2.40. The second-order valence-electron chi connectivity index (χ2n) is 7.53. The van der Waals surface area contributed by atoms with Gasteiger partial charge in [0.25, 0.3) is 0 Å². The van der Waals surface area contributed by atoms with Gasteiger partial charge in [-0.1, -0.05) is 11.6 Å². The van der Waals surface area contributed by atoms with Crippen LogP contribution in [-0.4, -0.2) is 71.6 Å². The number of nitrogens with zero attached hydrogens (tertiary/aromatic N) is 5. The largest absolute Gasteiger partial charge is 0.496 e. The third-order valence-corrected chi connectivity index (χ3v) is 5.96. The molecule has 1 atom stereocenters. The Labute approximate surface area is 180 Å². The number of methoxy groups -OCH3 is 1. The van der Waals surface area contributed by atoms with Gasteiger partial charge in [-0.05, 0) is 13.8 Å². The minimum absolute atomic E-state index is 0.0348. The minimum Gasteiger partial charge on any atom is -0.496 e. The van der Waals surface area contributed by atoms with Gasteiger partial charge in [-0.25, -0.2) is 4.98 Å². The number of halogens is 1. The molecule has 0 amide bonds. The Hall–Kier alpha value is -2.49. The first-order valence-corrected chi connectivity index (χ1v) is 10.2. The number of aryl methyl sites for hydroxylation is 1. The van der Waals surface area contributed by atoms with Crippen molar-refractivity contribution in [2.75, 3.05) is 50.6 Å². The van der Waals surface area contributed by atoms with Crippen LogP contribution >= 0.6 is 11.6 Å². The van der Waals surface area contributed by atoms with Gasteiger partial charge in [0.2, 0.25) is 5.95 Å². The smallest absolute Gasteiger partial charge is 0.223 e. The molecule has 2 N–H and O–H groups in total. The maximum Gasteiger partial charge on any atom is 0.223 e. The Bertz CT molecular complexity index is 979. The first-order valence-electron chi connectivity index (χ1n) is 9.83. The second-order valence-corrected chi connectivity index (χ2v) is 7.88. The summed E-state index contributed by atoms with van der Waals surface area (Å²) in [5.74, 6) is 1.20. The van der Waals surface area contributed by atoms with Crippen LogP contribution in [0.2, 0.25) is 5.15 Å². The van der Waals surface area contributed by atoms with Crippen molar-refractivity contribution in [1.29, 1.82) is 0 Å². The number of pyridine rings is 1. The molecule has 9 nitrogen and oxygen atoms in total. The predicted octanol–water partition coefficient (Wildman–Crippen LogP) is 1.64. The van der Waals surface area contributed by atoms with Gasteiger partial charge in [0.05, 0.1) is 44.2 Å². The summed E-state index contributed by atoms with van der Waals surface area (Å²) in [6, 6.07) is -0.362. The van der Waals surface area contributed by atoms with Crippen molar-refractivity contribution in [3.05, 3.63) is 33.7 Å². The first kappa shape index (κ1) is 20.8. The number of aromatic nitrogens is 3. The molecule has 0 aliphatic carbocycles. The van der Waals surface area contributed by atoms with Crippen LogP contribution in [-0.2, 0) is 11.3 Å². The zero-order valence-electron chi connectivity index (χ0n) is 17.3. The van der Waals surface area contributed by atoms with Crippen LogP contribution in [0.4, 0.5) is 11.8 Å². The average molecular weight is 433 g/mol. The summed E-state index contributed by atoms with van der Waals surface area (Å²) in [7, 11) is 1.65. The number of nitrogens with two attached hydrogens (primary N) is 1. The van der Waals surface area contributed by atoms with Crippen molar-refractivity contribution in [2.24, 2.45) is 0 Å². The van der Waals surface area contributed by atoms with Crippen molar-refractivity contribution >= 4 is 29.2 Å². The molecule has 1 unspecified atom stereocenters. The molecule has 2 aliphatic heterocycles. The molecule has 1 saturated heterocycles. The number of carbonyl (C=O) groups excluding carboxylic acids is 1. The number of fused-ring (bicyclic) bond motifs is 1. The highest BCUT2D eigenvalue weighted by Gasteiger charge is 2.39. The number of Topliss-reactive ketones (excluding diaryl/α,β-unsaturated/α-hetero) is 1. The van der Waals surface area contributed by atoms with E-state index in [4.69, 9.17) is 26.8 Å². The maximum atomic E-state index is 13.3. The highest BCUT2D eigenvalue weighted by atomic mass is 35.5. The van der Waals surface area contributed by atoms with E-state index in [-0.39, 0.29) is 22.9 Å². The van der Waals surface area contributed by atoms with E-state index in [2.05, 4.69) is 19.9 Å². The van der Waals surface area contributed by atoms with E-state index in [0.29, 0.717) is 50.8 Å². The van der Waals surface area contributed by atoms with E-state index in [1.54, 1.807) is 13.3 Å². The van der Waals surface area contributed by atoms with Gasteiger partial charge in [0.1, 0.15) is 16.7 Å². The molecule has 0 radical (unpaired) electrons. The normalized spacial score (nSPS) is 19.7. The summed E-state index contributed by atoms with van der Waals surface area (Å²) in [6.45, 7) is 7.39. The zero-order valence-corrected chi connectivity index (χ0v) is 18.1. The van der Waals surface area contributed by atoms with Crippen molar-refractivity contribution < 1.29 is 14.3 Å². The van der Waals surface area contributed by atoms with Crippen molar-refractivity contribution in [2.45, 2.75) is 26.4 Å². The molecular weight excluding hydrogens is 408 g/mol. The molecule has 1 fully saturated rings. The second kappa shape index (κ2) is 8.33. The van der Waals surface area contributed by atoms with Crippen molar-refractivity contribution in [3.8, 4) is 5.75 Å². The molecule has 2 aliphatic rings. The van der Waals surface area contributed by atoms with Crippen LogP contribution in [0.5, 0.6) is 5.75 Å². The van der Waals surface area contributed by atoms with Crippen molar-refractivity contribution in [1.82, 2.24) is 19.9 Å². The number of hydrogen-bond acceptors (Lipinski definition) is 9. The Morgan fingerprint density at radius 1 is 1.30 bits per heavy atom. The third-order valence-electron chi connectivity index (χ3n) is 5.68. The lowest BCUT2D eigenvalue weighted by Crippen LogP contribution is -2.55. The van der Waals surface area contributed by atoms with Crippen LogP contribution in [0, 0.1) is 13.8 Å². The summed E-state index contributed by atoms with van der Waals surface area (Å²) >= 11 is 6.36. The van der Waals surface area contributed by atoms with Gasteiger partial charge < -0.3 is 20.1 Å². The van der Waals surface area contributed by atoms with E-state index in [0.717, 1.165) is 22.6 Å². The molecule has 0 bridgehead atoms. The zero-order chi connectivity index (χ0) is 21.4. The van der Waals surface area contributed by atoms with Gasteiger partial charge in [0, 0.05) is 37.0 Å². The number of nitrogen functional groups attached to an aromatic ring is 1. The number of carbonyl (C=O) groups is 1. The lowest BCUT2D eigenvalue weighted by atomic mass is 9.98. The van der Waals surface area contributed by atoms with Crippen LogP contribution in [0.3, 0.4) is 0 Å². The lowest BCUT2D eigenvalue weighted by molar-refractivity contribution is 0.0180. The SMILES string of the molecule is COc1c(C)cnc(CN2CC(N3CCOCC3)C(=O)c3c(Cl)nc(N)nc32)c1C. The first-order chi connectivity index (χ1) is 14.4. The highest BCUT2D eigenvalue weighted by molar-refractivity contribution is 6.34. The number of hydrogen-bond donors (Lipinski definition) is 1. The van der Waals surface area contributed by atoms with Gasteiger partial charge in [-0.2, -0.15) is 4.98 Å². The number of ether oxygens (including phenoxy) is 2. The molecule has 0 aromatic carbocycles. The number of rotatable bonds is 4. The van der Waals surface area contributed by atoms with Crippen LogP contribution in [0.1, 0.15) is 27.2 Å². The van der Waals surface area contributed by atoms with Crippen LogP contribution in [0.15, 0.2) is 6.20 Å². The van der Waals surface area contributed by atoms with E-state index >= 15 is 0 Å². The molecule has 30 heavy (non-hydrogen) atoms. The molecule has 4 heterocycles. The summed E-state index contributed by atoms with van der Waals surface area (Å²) in [6.07, 6.45) is 1.79. The quantitative estimate of drug-likeness (QED) is 0.721. The highest BCUT2D eigenvalue weighted by Crippen LogP contribution is 2.34. The molecule has 0 spiro atoms. The molecule has 160 valence electrons. The molecular formula is C20H25ClN6O3. The van der Waals surface area contributed by atoms with Crippen molar-refractivity contribution in [3.63, 3.8) is 0 Å². The minimum atomic E-state index is -0.362. The summed E-state index contributed by atoms with van der Waals surface area (Å²) in [5.41, 5.74) is 8.92. The van der Waals surface area contributed by atoms with Gasteiger partial charge >= 0.3 is 0 Å². The molecule has 4 rings (SSSR count). The van der Waals surface area contributed by atoms with Gasteiger partial charge in [-0.3, -0.25) is 14.7 Å². The maximum absolute atomic E-state index is 13.3.